The summed E-state index contributed by atoms with van der Waals surface area (Å²) in [6.07, 6.45) is 6.49. The number of carbonyl (C=O) groups excluding carboxylic acids is 1. The van der Waals surface area contributed by atoms with Crippen molar-refractivity contribution in [2.45, 2.75) is 13.8 Å². The van der Waals surface area contributed by atoms with Gasteiger partial charge in [-0.15, -0.1) is 11.6 Å². The van der Waals surface area contributed by atoms with Crippen LogP contribution in [0.3, 0.4) is 0 Å². The van der Waals surface area contributed by atoms with Gasteiger partial charge in [0.2, 0.25) is 0 Å². The zero-order chi connectivity index (χ0) is 13.2. The second-order valence-corrected chi connectivity index (χ2v) is 5.21. The number of hydrogen-bond donors (Lipinski definition) is 1. The van der Waals surface area contributed by atoms with Gasteiger partial charge in [0.25, 0.3) is 5.91 Å². The average molecular weight is 267 g/mol. The fraction of sp³-hybridized carbons (Fsp3) is 0.417. The summed E-state index contributed by atoms with van der Waals surface area (Å²) in [5, 5.41) is 6.96. The van der Waals surface area contributed by atoms with Crippen LogP contribution in [0, 0.1) is 5.41 Å². The monoisotopic (exact) mass is 266 g/mol. The van der Waals surface area contributed by atoms with Crippen LogP contribution in [-0.4, -0.2) is 32.9 Å². The summed E-state index contributed by atoms with van der Waals surface area (Å²) in [5.41, 5.74) is 1.09. The second-order valence-electron chi connectivity index (χ2n) is 4.94. The largest absolute Gasteiger partial charge is 0.351 e. The minimum absolute atomic E-state index is 0.127. The lowest BCUT2D eigenvalue weighted by atomic mass is 9.96. The smallest absolute Gasteiger partial charge is 0.255 e. The van der Waals surface area contributed by atoms with E-state index < -0.39 is 0 Å². The van der Waals surface area contributed by atoms with E-state index in [4.69, 9.17) is 11.6 Å². The third-order valence-corrected chi connectivity index (χ3v) is 3.38. The summed E-state index contributed by atoms with van der Waals surface area (Å²) in [5.74, 6) is 0.333. The molecule has 5 nitrogen and oxygen atoms in total. The van der Waals surface area contributed by atoms with E-state index in [1.807, 2.05) is 13.8 Å². The first-order chi connectivity index (χ1) is 8.53. The van der Waals surface area contributed by atoms with Crippen molar-refractivity contribution in [3.05, 3.63) is 30.4 Å². The Hall–Kier alpha value is -1.62. The predicted octanol–water partition coefficient (Wildman–Crippen LogP) is 1.72. The van der Waals surface area contributed by atoms with E-state index in [2.05, 4.69) is 15.4 Å². The van der Waals surface area contributed by atoms with Crippen molar-refractivity contribution >= 4 is 23.0 Å². The Bertz CT molecular complexity index is 564. The van der Waals surface area contributed by atoms with Crippen LogP contribution in [0.1, 0.15) is 24.2 Å². The summed E-state index contributed by atoms with van der Waals surface area (Å²) < 4.78 is 1.62. The molecule has 0 unspecified atom stereocenters. The van der Waals surface area contributed by atoms with Gasteiger partial charge in [0, 0.05) is 24.8 Å². The van der Waals surface area contributed by atoms with E-state index >= 15 is 0 Å². The fourth-order valence-electron chi connectivity index (χ4n) is 1.47. The number of aromatic nitrogens is 3. The molecule has 0 spiro atoms. The van der Waals surface area contributed by atoms with Crippen LogP contribution in [-0.2, 0) is 0 Å². The lowest BCUT2D eigenvalue weighted by Crippen LogP contribution is -2.34. The normalized spacial score (nSPS) is 11.7. The van der Waals surface area contributed by atoms with Crippen molar-refractivity contribution in [2.24, 2.45) is 5.41 Å². The fourth-order valence-corrected chi connectivity index (χ4v) is 1.57. The van der Waals surface area contributed by atoms with Crippen molar-refractivity contribution in [1.29, 1.82) is 0 Å². The van der Waals surface area contributed by atoms with Crippen LogP contribution in [0.25, 0.3) is 5.52 Å². The van der Waals surface area contributed by atoms with Gasteiger partial charge in [0.05, 0.1) is 23.5 Å². The highest BCUT2D eigenvalue weighted by atomic mass is 35.5. The number of nitrogens with zero attached hydrogens (tertiary/aromatic N) is 3. The molecule has 2 rings (SSSR count). The molecule has 0 saturated heterocycles. The molecule has 0 fully saturated rings. The molecule has 0 aliphatic heterocycles. The Morgan fingerprint density at radius 3 is 3.00 bits per heavy atom. The maximum Gasteiger partial charge on any atom is 0.255 e. The van der Waals surface area contributed by atoms with Gasteiger partial charge < -0.3 is 5.32 Å². The SMILES string of the molecule is CC(C)(CCl)CNC(=O)c1cnn2ccncc12. The maximum absolute atomic E-state index is 12.0. The quantitative estimate of drug-likeness (QED) is 0.858. The molecule has 0 radical (unpaired) electrons. The Labute approximate surface area is 110 Å². The van der Waals surface area contributed by atoms with Crippen molar-refractivity contribution in [2.75, 3.05) is 12.4 Å². The van der Waals surface area contributed by atoms with E-state index in [0.717, 1.165) is 0 Å². The van der Waals surface area contributed by atoms with Crippen LogP contribution in [0.2, 0.25) is 0 Å². The zero-order valence-electron chi connectivity index (χ0n) is 10.4. The number of rotatable bonds is 4. The van der Waals surface area contributed by atoms with Crippen LogP contribution >= 0.6 is 11.6 Å². The first-order valence-electron chi connectivity index (χ1n) is 5.65. The van der Waals surface area contributed by atoms with Crippen molar-refractivity contribution in [3.63, 3.8) is 0 Å². The highest BCUT2D eigenvalue weighted by Gasteiger charge is 2.19. The summed E-state index contributed by atoms with van der Waals surface area (Å²) in [4.78, 5) is 16.0. The molecular weight excluding hydrogens is 252 g/mol. The van der Waals surface area contributed by atoms with Crippen LogP contribution in [0.4, 0.5) is 0 Å². The Kier molecular flexibility index (Phi) is 3.52. The number of hydrogen-bond acceptors (Lipinski definition) is 3. The first-order valence-corrected chi connectivity index (χ1v) is 6.18. The average Bonchev–Trinajstić information content (AvgIpc) is 2.80. The molecule has 1 N–H and O–H groups in total. The van der Waals surface area contributed by atoms with Gasteiger partial charge >= 0.3 is 0 Å². The van der Waals surface area contributed by atoms with E-state index in [1.165, 1.54) is 0 Å². The third kappa shape index (κ3) is 2.61. The van der Waals surface area contributed by atoms with E-state index in [0.29, 0.717) is 23.5 Å². The lowest BCUT2D eigenvalue weighted by molar-refractivity contribution is 0.0941. The highest BCUT2D eigenvalue weighted by Crippen LogP contribution is 2.16. The Morgan fingerprint density at radius 1 is 1.50 bits per heavy atom. The van der Waals surface area contributed by atoms with Crippen molar-refractivity contribution < 1.29 is 4.79 Å². The number of alkyl halides is 1. The molecule has 6 heteroatoms. The van der Waals surface area contributed by atoms with Gasteiger partial charge in [0.1, 0.15) is 0 Å². The molecule has 0 aromatic carbocycles. The third-order valence-electron chi connectivity index (χ3n) is 2.66. The molecule has 2 heterocycles. The molecule has 18 heavy (non-hydrogen) atoms. The number of halogens is 1. The minimum atomic E-state index is -0.156. The van der Waals surface area contributed by atoms with Gasteiger partial charge in [-0.25, -0.2) is 4.52 Å². The summed E-state index contributed by atoms with van der Waals surface area (Å²) >= 11 is 5.82. The highest BCUT2D eigenvalue weighted by molar-refractivity contribution is 6.18. The topological polar surface area (TPSA) is 59.3 Å². The molecule has 0 aliphatic rings. The van der Waals surface area contributed by atoms with Gasteiger partial charge in [-0.3, -0.25) is 9.78 Å². The molecule has 2 aromatic heterocycles. The molecule has 0 atom stereocenters. The maximum atomic E-state index is 12.0. The van der Waals surface area contributed by atoms with E-state index in [9.17, 15) is 4.79 Å². The predicted molar refractivity (Wildman–Crippen MR) is 69.8 cm³/mol. The molecule has 2 aromatic rings. The van der Waals surface area contributed by atoms with Gasteiger partial charge in [-0.05, 0) is 5.41 Å². The summed E-state index contributed by atoms with van der Waals surface area (Å²) in [6, 6.07) is 0. The minimum Gasteiger partial charge on any atom is -0.351 e. The molecule has 96 valence electrons. The van der Waals surface area contributed by atoms with Gasteiger partial charge in [0.15, 0.2) is 0 Å². The Balaban J connectivity index is 2.14. The van der Waals surface area contributed by atoms with E-state index in [-0.39, 0.29) is 11.3 Å². The molecular formula is C12H15ClN4O. The first kappa shape index (κ1) is 12.8. The number of nitrogens with one attached hydrogen (secondary N) is 1. The summed E-state index contributed by atoms with van der Waals surface area (Å²) in [6.45, 7) is 4.52. The van der Waals surface area contributed by atoms with E-state index in [1.54, 1.807) is 29.3 Å². The van der Waals surface area contributed by atoms with Crippen LogP contribution < -0.4 is 5.32 Å². The molecule has 0 aliphatic carbocycles. The van der Waals surface area contributed by atoms with Crippen LogP contribution in [0.15, 0.2) is 24.8 Å². The van der Waals surface area contributed by atoms with Gasteiger partial charge in [-0.1, -0.05) is 13.8 Å². The number of amides is 1. The molecule has 0 saturated carbocycles. The van der Waals surface area contributed by atoms with Crippen molar-refractivity contribution in [1.82, 2.24) is 19.9 Å². The lowest BCUT2D eigenvalue weighted by Gasteiger charge is -2.21. The number of carbonyl (C=O) groups is 1. The number of fused-ring (bicyclic) bond motifs is 1. The zero-order valence-corrected chi connectivity index (χ0v) is 11.1. The Morgan fingerprint density at radius 2 is 2.28 bits per heavy atom. The standard InChI is InChI=1S/C12H15ClN4O/c1-12(2,7-13)8-15-11(18)9-5-16-17-4-3-14-6-10(9)17/h3-6H,7-8H2,1-2H3,(H,15,18). The molecule has 0 bridgehead atoms. The van der Waals surface area contributed by atoms with Crippen molar-refractivity contribution in [3.8, 4) is 0 Å². The van der Waals surface area contributed by atoms with Gasteiger partial charge in [-0.2, -0.15) is 5.10 Å². The second kappa shape index (κ2) is 4.94. The summed E-state index contributed by atoms with van der Waals surface area (Å²) in [7, 11) is 0. The van der Waals surface area contributed by atoms with Crippen LogP contribution in [0.5, 0.6) is 0 Å². The molecule has 1 amide bonds.